The Kier molecular flexibility index (Phi) is 2.77. The SMILES string of the molecule is CC1=C[C@H](C)[C@H]2C(=O)N(c3ccccc3)C(=O)[C@H]2C1. The molecular weight excluding hydrogens is 238 g/mol. The Balaban J connectivity index is 2.00. The van der Waals surface area contributed by atoms with E-state index in [1.807, 2.05) is 44.2 Å². The summed E-state index contributed by atoms with van der Waals surface area (Å²) in [7, 11) is 0. The van der Waals surface area contributed by atoms with Crippen LogP contribution >= 0.6 is 0 Å². The molecule has 1 heterocycles. The maximum atomic E-state index is 12.5. The van der Waals surface area contributed by atoms with Crippen molar-refractivity contribution in [2.45, 2.75) is 20.3 Å². The Morgan fingerprint density at radius 2 is 1.79 bits per heavy atom. The summed E-state index contributed by atoms with van der Waals surface area (Å²) < 4.78 is 0. The third-order valence-corrected chi connectivity index (χ3v) is 4.15. The van der Waals surface area contributed by atoms with E-state index in [1.165, 1.54) is 10.5 Å². The summed E-state index contributed by atoms with van der Waals surface area (Å²) in [5, 5.41) is 0. The minimum atomic E-state index is -0.184. The molecule has 0 saturated carbocycles. The van der Waals surface area contributed by atoms with Crippen molar-refractivity contribution in [3.05, 3.63) is 42.0 Å². The summed E-state index contributed by atoms with van der Waals surface area (Å²) in [6.45, 7) is 4.07. The Bertz CT molecular complexity index is 561. The van der Waals surface area contributed by atoms with Gasteiger partial charge in [-0.3, -0.25) is 14.5 Å². The molecule has 0 aromatic heterocycles. The first kappa shape index (κ1) is 12.2. The highest BCUT2D eigenvalue weighted by Gasteiger charge is 2.51. The number of amides is 2. The zero-order valence-electron chi connectivity index (χ0n) is 11.2. The lowest BCUT2D eigenvalue weighted by Crippen LogP contribution is -2.31. The van der Waals surface area contributed by atoms with E-state index in [2.05, 4.69) is 6.08 Å². The summed E-state index contributed by atoms with van der Waals surface area (Å²) in [4.78, 5) is 26.4. The van der Waals surface area contributed by atoms with Crippen molar-refractivity contribution in [2.75, 3.05) is 4.90 Å². The predicted molar refractivity (Wildman–Crippen MR) is 73.5 cm³/mol. The zero-order valence-corrected chi connectivity index (χ0v) is 11.2. The molecule has 0 bridgehead atoms. The van der Waals surface area contributed by atoms with Crippen LogP contribution in [0.1, 0.15) is 20.3 Å². The molecule has 1 aromatic rings. The average molecular weight is 255 g/mol. The van der Waals surface area contributed by atoms with Crippen molar-refractivity contribution in [3.8, 4) is 0 Å². The molecule has 19 heavy (non-hydrogen) atoms. The van der Waals surface area contributed by atoms with Crippen molar-refractivity contribution in [2.24, 2.45) is 17.8 Å². The third-order valence-electron chi connectivity index (χ3n) is 4.15. The molecule has 0 N–H and O–H groups in total. The Morgan fingerprint density at radius 3 is 2.47 bits per heavy atom. The van der Waals surface area contributed by atoms with Gasteiger partial charge in [-0.2, -0.15) is 0 Å². The van der Waals surface area contributed by atoms with E-state index in [0.29, 0.717) is 12.1 Å². The summed E-state index contributed by atoms with van der Waals surface area (Å²) in [5.41, 5.74) is 1.90. The van der Waals surface area contributed by atoms with Crippen LogP contribution < -0.4 is 4.90 Å². The van der Waals surface area contributed by atoms with Crippen LogP contribution in [0.15, 0.2) is 42.0 Å². The van der Waals surface area contributed by atoms with Crippen LogP contribution in [0.2, 0.25) is 0 Å². The van der Waals surface area contributed by atoms with E-state index < -0.39 is 0 Å². The molecule has 1 aliphatic heterocycles. The van der Waals surface area contributed by atoms with Gasteiger partial charge in [0, 0.05) is 0 Å². The molecule has 1 aliphatic carbocycles. The average Bonchev–Trinajstić information content (AvgIpc) is 2.62. The standard InChI is InChI=1S/C16H17NO2/c1-10-8-11(2)14-13(9-10)15(18)17(16(14)19)12-6-4-3-5-7-12/h3-8,11,13-14H,9H2,1-2H3/t11-,13-,14+/m0/s1. The highest BCUT2D eigenvalue weighted by Crippen LogP contribution is 2.42. The molecule has 3 atom stereocenters. The van der Waals surface area contributed by atoms with E-state index in [4.69, 9.17) is 0 Å². The second kappa shape index (κ2) is 4.34. The highest BCUT2D eigenvalue weighted by atomic mass is 16.2. The smallest absolute Gasteiger partial charge is 0.238 e. The molecule has 2 aliphatic rings. The lowest BCUT2D eigenvalue weighted by molar-refractivity contribution is -0.122. The fourth-order valence-electron chi connectivity index (χ4n) is 3.35. The molecular formula is C16H17NO2. The van der Waals surface area contributed by atoms with Crippen LogP contribution in [0.25, 0.3) is 0 Å². The zero-order chi connectivity index (χ0) is 13.6. The number of carbonyl (C=O) groups excluding carboxylic acids is 2. The molecule has 3 rings (SSSR count). The first-order chi connectivity index (χ1) is 9.09. The molecule has 1 fully saturated rings. The number of imide groups is 1. The Hall–Kier alpha value is -1.90. The summed E-state index contributed by atoms with van der Waals surface area (Å²) in [6.07, 6.45) is 2.84. The quantitative estimate of drug-likeness (QED) is 0.571. The first-order valence-corrected chi connectivity index (χ1v) is 6.69. The van der Waals surface area contributed by atoms with Gasteiger partial charge in [0.25, 0.3) is 0 Å². The monoisotopic (exact) mass is 255 g/mol. The predicted octanol–water partition coefficient (Wildman–Crippen LogP) is 2.78. The normalized spacial score (nSPS) is 30.3. The van der Waals surface area contributed by atoms with Crippen LogP contribution in [0.3, 0.4) is 0 Å². The summed E-state index contributed by atoms with van der Waals surface area (Å²) >= 11 is 0. The topological polar surface area (TPSA) is 37.4 Å². The number of allylic oxidation sites excluding steroid dienone is 2. The van der Waals surface area contributed by atoms with Crippen LogP contribution in [0.5, 0.6) is 0 Å². The Labute approximate surface area is 112 Å². The van der Waals surface area contributed by atoms with E-state index in [-0.39, 0.29) is 29.6 Å². The summed E-state index contributed by atoms with van der Waals surface area (Å²) in [5.74, 6) is -0.300. The molecule has 0 unspecified atom stereocenters. The lowest BCUT2D eigenvalue weighted by atomic mass is 9.76. The Morgan fingerprint density at radius 1 is 1.11 bits per heavy atom. The van der Waals surface area contributed by atoms with Crippen LogP contribution in [0.4, 0.5) is 5.69 Å². The van der Waals surface area contributed by atoms with Gasteiger partial charge in [-0.25, -0.2) is 0 Å². The van der Waals surface area contributed by atoms with Gasteiger partial charge in [0.05, 0.1) is 17.5 Å². The van der Waals surface area contributed by atoms with Gasteiger partial charge in [-0.15, -0.1) is 0 Å². The van der Waals surface area contributed by atoms with Gasteiger partial charge in [-0.05, 0) is 31.4 Å². The number of hydrogen-bond donors (Lipinski definition) is 0. The van der Waals surface area contributed by atoms with E-state index in [0.717, 1.165) is 0 Å². The van der Waals surface area contributed by atoms with Gasteiger partial charge in [-0.1, -0.05) is 36.8 Å². The number of fused-ring (bicyclic) bond motifs is 1. The molecule has 3 nitrogen and oxygen atoms in total. The molecule has 3 heteroatoms. The van der Waals surface area contributed by atoms with Gasteiger partial charge in [0.2, 0.25) is 11.8 Å². The number of carbonyl (C=O) groups is 2. The van der Waals surface area contributed by atoms with Gasteiger partial charge >= 0.3 is 0 Å². The van der Waals surface area contributed by atoms with Crippen molar-refractivity contribution >= 4 is 17.5 Å². The number of nitrogens with zero attached hydrogens (tertiary/aromatic N) is 1. The van der Waals surface area contributed by atoms with E-state index >= 15 is 0 Å². The largest absolute Gasteiger partial charge is 0.274 e. The minimum absolute atomic E-state index is 0.0412. The van der Waals surface area contributed by atoms with Crippen LogP contribution in [-0.2, 0) is 9.59 Å². The van der Waals surface area contributed by atoms with Crippen molar-refractivity contribution in [1.82, 2.24) is 0 Å². The number of rotatable bonds is 1. The van der Waals surface area contributed by atoms with Gasteiger partial charge < -0.3 is 0 Å². The third kappa shape index (κ3) is 1.81. The molecule has 1 saturated heterocycles. The van der Waals surface area contributed by atoms with Gasteiger partial charge in [0.1, 0.15) is 0 Å². The minimum Gasteiger partial charge on any atom is -0.274 e. The van der Waals surface area contributed by atoms with E-state index in [1.54, 1.807) is 0 Å². The fourth-order valence-corrected chi connectivity index (χ4v) is 3.35. The number of para-hydroxylation sites is 1. The number of benzene rings is 1. The number of anilines is 1. The highest BCUT2D eigenvalue weighted by molar-refractivity contribution is 6.22. The van der Waals surface area contributed by atoms with Crippen molar-refractivity contribution < 1.29 is 9.59 Å². The molecule has 0 spiro atoms. The molecule has 2 amide bonds. The number of hydrogen-bond acceptors (Lipinski definition) is 2. The molecule has 1 aromatic carbocycles. The molecule has 98 valence electrons. The molecule has 0 radical (unpaired) electrons. The van der Waals surface area contributed by atoms with Crippen LogP contribution in [0, 0.1) is 17.8 Å². The lowest BCUT2D eigenvalue weighted by Gasteiger charge is -2.25. The first-order valence-electron chi connectivity index (χ1n) is 6.69. The second-order valence-electron chi connectivity index (χ2n) is 5.56. The van der Waals surface area contributed by atoms with Gasteiger partial charge in [0.15, 0.2) is 0 Å². The van der Waals surface area contributed by atoms with E-state index in [9.17, 15) is 9.59 Å². The maximum Gasteiger partial charge on any atom is 0.238 e. The fraction of sp³-hybridized carbons (Fsp3) is 0.375. The van der Waals surface area contributed by atoms with Crippen molar-refractivity contribution in [1.29, 1.82) is 0 Å². The summed E-state index contributed by atoms with van der Waals surface area (Å²) in [6, 6.07) is 9.22. The van der Waals surface area contributed by atoms with Crippen LogP contribution in [-0.4, -0.2) is 11.8 Å². The van der Waals surface area contributed by atoms with Crippen molar-refractivity contribution in [3.63, 3.8) is 0 Å². The second-order valence-corrected chi connectivity index (χ2v) is 5.56. The maximum absolute atomic E-state index is 12.5.